The first-order valence-electron chi connectivity index (χ1n) is 6.71. The summed E-state index contributed by atoms with van der Waals surface area (Å²) >= 11 is 3.39. The Labute approximate surface area is 124 Å². The molecule has 1 aliphatic carbocycles. The Hall–Kier alpha value is 0.590. The molecule has 2 aliphatic rings. The number of hydrogen-bond acceptors (Lipinski definition) is 5. The lowest BCUT2D eigenvalue weighted by atomic mass is 10.2. The van der Waals surface area contributed by atoms with E-state index in [1.165, 1.54) is 0 Å². The van der Waals surface area contributed by atoms with Crippen LogP contribution in [0.5, 0.6) is 0 Å². The van der Waals surface area contributed by atoms with Crippen molar-refractivity contribution in [1.82, 2.24) is 0 Å². The van der Waals surface area contributed by atoms with Gasteiger partial charge in [0.2, 0.25) is 0 Å². The van der Waals surface area contributed by atoms with Crippen LogP contribution in [0.25, 0.3) is 0 Å². The third-order valence-electron chi connectivity index (χ3n) is 3.21. The molecule has 19 heavy (non-hydrogen) atoms. The highest BCUT2D eigenvalue weighted by atomic mass is 32.2. The lowest BCUT2D eigenvalue weighted by Crippen LogP contribution is -2.30. The minimum atomic E-state index is -3.18. The molecule has 0 aromatic rings. The van der Waals surface area contributed by atoms with E-state index in [9.17, 15) is 4.57 Å². The van der Waals surface area contributed by atoms with E-state index in [1.807, 2.05) is 34.0 Å². The van der Waals surface area contributed by atoms with Crippen molar-refractivity contribution in [3.05, 3.63) is 12.2 Å². The molecule has 3 nitrogen and oxygen atoms in total. The van der Waals surface area contributed by atoms with Gasteiger partial charge in [-0.15, -0.1) is 23.5 Å². The van der Waals surface area contributed by atoms with Crippen molar-refractivity contribution in [2.45, 2.75) is 55.4 Å². The zero-order valence-corrected chi connectivity index (χ0v) is 14.7. The van der Waals surface area contributed by atoms with E-state index in [4.69, 9.17) is 9.05 Å². The van der Waals surface area contributed by atoms with Gasteiger partial charge in [0.25, 0.3) is 0 Å². The van der Waals surface area contributed by atoms with Gasteiger partial charge in [-0.25, -0.2) is 0 Å². The van der Waals surface area contributed by atoms with Crippen molar-refractivity contribution < 1.29 is 13.6 Å². The van der Waals surface area contributed by atoms with Gasteiger partial charge in [0.05, 0.1) is 12.2 Å². The SMILES string of the molecule is CS[C@]1(P(=O)(OC(C)C)OC(C)C)S[C@H]2C=C[C@@H]1C2. The zero-order chi connectivity index (χ0) is 14.3. The largest absolute Gasteiger partial charge is 0.357 e. The average molecular weight is 322 g/mol. The molecule has 0 amide bonds. The summed E-state index contributed by atoms with van der Waals surface area (Å²) in [6, 6.07) is 0. The van der Waals surface area contributed by atoms with Gasteiger partial charge in [0.15, 0.2) is 3.82 Å². The molecule has 2 rings (SSSR count). The molecule has 0 radical (unpaired) electrons. The van der Waals surface area contributed by atoms with Crippen LogP contribution in [0.3, 0.4) is 0 Å². The molecule has 1 heterocycles. The number of fused-ring (bicyclic) bond motifs is 2. The molecule has 0 saturated carbocycles. The highest BCUT2D eigenvalue weighted by Crippen LogP contribution is 2.78. The van der Waals surface area contributed by atoms with E-state index in [-0.39, 0.29) is 18.1 Å². The molecule has 6 heteroatoms. The molecule has 1 aliphatic heterocycles. The smallest absolute Gasteiger partial charge is 0.304 e. The Morgan fingerprint density at radius 1 is 1.26 bits per heavy atom. The summed E-state index contributed by atoms with van der Waals surface area (Å²) in [5.41, 5.74) is 0. The van der Waals surface area contributed by atoms with Gasteiger partial charge in [0.1, 0.15) is 0 Å². The molecule has 0 N–H and O–H groups in total. The molecule has 1 fully saturated rings. The molecule has 0 aromatic carbocycles. The second-order valence-corrected chi connectivity index (χ2v) is 11.0. The Bertz CT molecular complexity index is 397. The van der Waals surface area contributed by atoms with Crippen LogP contribution in [0.2, 0.25) is 0 Å². The van der Waals surface area contributed by atoms with Crippen molar-refractivity contribution in [2.75, 3.05) is 6.26 Å². The molecule has 0 spiro atoms. The molecular formula is C13H23O3PS2. The molecule has 2 bridgehead atoms. The summed E-state index contributed by atoms with van der Waals surface area (Å²) in [4.78, 5) is 0. The predicted octanol–water partition coefficient (Wildman–Crippen LogP) is 4.74. The summed E-state index contributed by atoms with van der Waals surface area (Å²) in [5, 5.41) is 0.456. The van der Waals surface area contributed by atoms with Gasteiger partial charge in [-0.05, 0) is 40.4 Å². The van der Waals surface area contributed by atoms with Crippen LogP contribution in [-0.2, 0) is 13.6 Å². The fraction of sp³-hybridized carbons (Fsp3) is 0.846. The van der Waals surface area contributed by atoms with Crippen LogP contribution in [-0.4, -0.2) is 27.5 Å². The maximum atomic E-state index is 13.5. The van der Waals surface area contributed by atoms with Crippen molar-refractivity contribution in [1.29, 1.82) is 0 Å². The molecule has 3 atom stereocenters. The topological polar surface area (TPSA) is 35.5 Å². The van der Waals surface area contributed by atoms with Crippen molar-refractivity contribution in [3.63, 3.8) is 0 Å². The van der Waals surface area contributed by atoms with Crippen LogP contribution in [0.15, 0.2) is 12.2 Å². The van der Waals surface area contributed by atoms with Crippen molar-refractivity contribution in [2.24, 2.45) is 5.92 Å². The lowest BCUT2D eigenvalue weighted by molar-refractivity contribution is 0.137. The van der Waals surface area contributed by atoms with Crippen LogP contribution < -0.4 is 0 Å². The molecule has 0 aromatic heterocycles. The van der Waals surface area contributed by atoms with Gasteiger partial charge in [0, 0.05) is 11.2 Å². The van der Waals surface area contributed by atoms with Gasteiger partial charge >= 0.3 is 7.60 Å². The Morgan fingerprint density at radius 3 is 2.16 bits per heavy atom. The minimum Gasteiger partial charge on any atom is -0.304 e. The van der Waals surface area contributed by atoms with Gasteiger partial charge in [-0.3, -0.25) is 4.57 Å². The fourth-order valence-corrected chi connectivity index (χ4v) is 9.51. The second-order valence-electron chi connectivity index (χ2n) is 5.52. The number of allylic oxidation sites excluding steroid dienone is 1. The second kappa shape index (κ2) is 5.76. The van der Waals surface area contributed by atoms with Crippen LogP contribution in [0, 0.1) is 5.92 Å². The highest BCUT2D eigenvalue weighted by molar-refractivity contribution is 8.25. The summed E-state index contributed by atoms with van der Waals surface area (Å²) in [7, 11) is -3.18. The Morgan fingerprint density at radius 2 is 1.84 bits per heavy atom. The molecule has 110 valence electrons. The van der Waals surface area contributed by atoms with E-state index in [0.29, 0.717) is 5.25 Å². The van der Waals surface area contributed by atoms with E-state index >= 15 is 0 Å². The number of thioether (sulfide) groups is 2. The summed E-state index contributed by atoms with van der Waals surface area (Å²) in [5.74, 6) is 0.279. The van der Waals surface area contributed by atoms with Gasteiger partial charge < -0.3 is 9.05 Å². The molecule has 0 unspecified atom stereocenters. The minimum absolute atomic E-state index is 0.0997. The van der Waals surface area contributed by atoms with Crippen molar-refractivity contribution in [3.8, 4) is 0 Å². The predicted molar refractivity (Wildman–Crippen MR) is 84.9 cm³/mol. The molecular weight excluding hydrogens is 299 g/mol. The lowest BCUT2D eigenvalue weighted by Gasteiger charge is -2.40. The zero-order valence-electron chi connectivity index (χ0n) is 12.2. The third-order valence-corrected chi connectivity index (χ3v) is 10.9. The van der Waals surface area contributed by atoms with Crippen LogP contribution >= 0.6 is 31.1 Å². The van der Waals surface area contributed by atoms with E-state index in [0.717, 1.165) is 6.42 Å². The van der Waals surface area contributed by atoms with Crippen LogP contribution in [0.4, 0.5) is 0 Å². The van der Waals surface area contributed by atoms with Crippen molar-refractivity contribution >= 4 is 31.1 Å². The van der Waals surface area contributed by atoms with Gasteiger partial charge in [-0.2, -0.15) is 0 Å². The van der Waals surface area contributed by atoms with Gasteiger partial charge in [-0.1, -0.05) is 12.2 Å². The maximum absolute atomic E-state index is 13.5. The van der Waals surface area contributed by atoms with E-state index < -0.39 is 11.4 Å². The number of hydrogen-bond donors (Lipinski definition) is 0. The first-order valence-corrected chi connectivity index (χ1v) is 10.4. The van der Waals surface area contributed by atoms with Crippen LogP contribution in [0.1, 0.15) is 34.1 Å². The van der Waals surface area contributed by atoms with E-state index in [1.54, 1.807) is 23.5 Å². The highest BCUT2D eigenvalue weighted by Gasteiger charge is 2.62. The number of rotatable bonds is 6. The third kappa shape index (κ3) is 2.82. The van der Waals surface area contributed by atoms with E-state index in [2.05, 4.69) is 12.2 Å². The Kier molecular flexibility index (Phi) is 4.84. The monoisotopic (exact) mass is 322 g/mol. The summed E-state index contributed by atoms with van der Waals surface area (Å²) in [6.07, 6.45) is 7.28. The Balaban J connectivity index is 2.36. The normalized spacial score (nSPS) is 33.8. The first-order chi connectivity index (χ1) is 8.83. The summed E-state index contributed by atoms with van der Waals surface area (Å²) < 4.78 is 24.7. The fourth-order valence-electron chi connectivity index (χ4n) is 2.63. The average Bonchev–Trinajstić information content (AvgIpc) is 2.86. The first kappa shape index (κ1) is 16.0. The maximum Gasteiger partial charge on any atom is 0.357 e. The molecule has 1 saturated heterocycles. The summed E-state index contributed by atoms with van der Waals surface area (Å²) in [6.45, 7) is 7.66. The quantitative estimate of drug-likeness (QED) is 0.521. The standard InChI is InChI=1S/C13H23O3PS2/c1-9(2)15-17(14,16-10(3)4)13(18-5)11-6-7-12(8-11)19-13/h6-7,9-12H,8H2,1-5H3/t11-,12+,13+/m1/s1.